The molecule has 0 bridgehead atoms. The smallest absolute Gasteiger partial charge is 0.122 e. The van der Waals surface area contributed by atoms with Gasteiger partial charge >= 0.3 is 0 Å². The van der Waals surface area contributed by atoms with E-state index in [1.165, 1.54) is 18.5 Å². The van der Waals surface area contributed by atoms with E-state index in [0.717, 1.165) is 29.9 Å². The molecule has 1 aliphatic heterocycles. The molecule has 3 nitrogen and oxygen atoms in total. The fourth-order valence-electron chi connectivity index (χ4n) is 2.86. The molecule has 1 heterocycles. The van der Waals surface area contributed by atoms with Crippen LogP contribution in [-0.4, -0.2) is 32.8 Å². The van der Waals surface area contributed by atoms with Gasteiger partial charge < -0.3 is 15.0 Å². The Labute approximate surface area is 130 Å². The zero-order valence-corrected chi connectivity index (χ0v) is 14.2. The Bertz CT molecular complexity index is 438. The first-order valence-corrected chi connectivity index (χ1v) is 8.26. The number of piperidine rings is 1. The van der Waals surface area contributed by atoms with Crippen molar-refractivity contribution in [1.29, 1.82) is 0 Å². The molecule has 1 fully saturated rings. The maximum atomic E-state index is 5.36. The highest BCUT2D eigenvalue weighted by Gasteiger charge is 2.25. The van der Waals surface area contributed by atoms with E-state index in [-0.39, 0.29) is 0 Å². The van der Waals surface area contributed by atoms with Crippen molar-refractivity contribution >= 4 is 21.6 Å². The average Bonchev–Trinajstić information content (AvgIpc) is 2.45. The normalized spacial score (nSPS) is 22.9. The highest BCUT2D eigenvalue weighted by atomic mass is 79.9. The van der Waals surface area contributed by atoms with Crippen molar-refractivity contribution in [2.45, 2.75) is 32.7 Å². The molecule has 2 unspecified atom stereocenters. The Hall–Kier alpha value is -0.740. The molecule has 1 aliphatic rings. The zero-order chi connectivity index (χ0) is 14.5. The minimum Gasteiger partial charge on any atom is -0.497 e. The van der Waals surface area contributed by atoms with Crippen LogP contribution in [-0.2, 0) is 0 Å². The number of anilines is 1. The minimum atomic E-state index is 0.653. The molecule has 1 saturated heterocycles. The van der Waals surface area contributed by atoms with Gasteiger partial charge in [-0.1, -0.05) is 29.8 Å². The van der Waals surface area contributed by atoms with E-state index in [0.29, 0.717) is 12.0 Å². The molecule has 112 valence electrons. The Morgan fingerprint density at radius 3 is 2.85 bits per heavy atom. The van der Waals surface area contributed by atoms with Gasteiger partial charge in [0.05, 0.1) is 7.11 Å². The molecule has 0 radical (unpaired) electrons. The van der Waals surface area contributed by atoms with Gasteiger partial charge in [0.2, 0.25) is 0 Å². The fraction of sp³-hybridized carbons (Fsp3) is 0.625. The average molecular weight is 341 g/mol. The second-order valence-electron chi connectivity index (χ2n) is 5.62. The second kappa shape index (κ2) is 7.32. The van der Waals surface area contributed by atoms with E-state index in [1.807, 2.05) is 6.07 Å². The lowest BCUT2D eigenvalue weighted by molar-refractivity contribution is 0.322. The van der Waals surface area contributed by atoms with E-state index in [4.69, 9.17) is 4.74 Å². The Kier molecular flexibility index (Phi) is 5.73. The molecule has 1 aromatic carbocycles. The molecule has 2 atom stereocenters. The van der Waals surface area contributed by atoms with Gasteiger partial charge in [-0.2, -0.15) is 0 Å². The second-order valence-corrected chi connectivity index (χ2v) is 6.54. The number of hydrogen-bond donors (Lipinski definition) is 1. The van der Waals surface area contributed by atoms with Crippen molar-refractivity contribution < 1.29 is 4.74 Å². The van der Waals surface area contributed by atoms with Gasteiger partial charge in [0, 0.05) is 35.4 Å². The third-order valence-corrected chi connectivity index (χ3v) is 4.48. The molecule has 4 heteroatoms. The molecule has 0 spiro atoms. The number of benzene rings is 1. The predicted molar refractivity (Wildman–Crippen MR) is 88.8 cm³/mol. The van der Waals surface area contributed by atoms with Gasteiger partial charge in [-0.15, -0.1) is 0 Å². The minimum absolute atomic E-state index is 0.653. The van der Waals surface area contributed by atoms with Crippen LogP contribution < -0.4 is 15.0 Å². The first kappa shape index (κ1) is 15.6. The topological polar surface area (TPSA) is 24.5 Å². The lowest BCUT2D eigenvalue weighted by atomic mass is 9.93. The number of methoxy groups -OCH3 is 1. The molecule has 2 rings (SSSR count). The monoisotopic (exact) mass is 340 g/mol. The first-order valence-electron chi connectivity index (χ1n) is 7.47. The summed E-state index contributed by atoms with van der Waals surface area (Å²) >= 11 is 3.56. The van der Waals surface area contributed by atoms with Crippen LogP contribution in [0.3, 0.4) is 0 Å². The number of rotatable bonds is 5. The summed E-state index contributed by atoms with van der Waals surface area (Å²) in [5.41, 5.74) is 1.25. The number of nitrogens with zero attached hydrogens (tertiary/aromatic N) is 1. The summed E-state index contributed by atoms with van der Waals surface area (Å²) in [7, 11) is 1.72. The number of ether oxygens (including phenoxy) is 1. The predicted octanol–water partition coefficient (Wildman–Crippen LogP) is 3.67. The van der Waals surface area contributed by atoms with E-state index >= 15 is 0 Å². The van der Waals surface area contributed by atoms with Gasteiger partial charge in [-0.25, -0.2) is 0 Å². The Morgan fingerprint density at radius 2 is 2.20 bits per heavy atom. The van der Waals surface area contributed by atoms with Crippen molar-refractivity contribution in [2.24, 2.45) is 5.92 Å². The van der Waals surface area contributed by atoms with E-state index in [2.05, 4.69) is 52.1 Å². The summed E-state index contributed by atoms with van der Waals surface area (Å²) in [4.78, 5) is 2.46. The van der Waals surface area contributed by atoms with E-state index < -0.39 is 0 Å². The van der Waals surface area contributed by atoms with Crippen molar-refractivity contribution in [3.8, 4) is 5.75 Å². The summed E-state index contributed by atoms with van der Waals surface area (Å²) < 4.78 is 6.43. The standard InChI is InChI=1S/C16H25BrN2O/c1-4-6-18-16-5-7-19(11-12(16)2)14-8-13(17)9-15(10-14)20-3/h8-10,12,16,18H,4-7,11H2,1-3H3. The van der Waals surface area contributed by atoms with E-state index in [9.17, 15) is 0 Å². The van der Waals surface area contributed by atoms with Crippen LogP contribution in [0.5, 0.6) is 5.75 Å². The Balaban J connectivity index is 2.03. The van der Waals surface area contributed by atoms with Gasteiger partial charge in [-0.3, -0.25) is 0 Å². The molecular weight excluding hydrogens is 316 g/mol. The van der Waals surface area contributed by atoms with Crippen LogP contribution in [0.25, 0.3) is 0 Å². The van der Waals surface area contributed by atoms with Crippen LogP contribution in [0.4, 0.5) is 5.69 Å². The molecule has 1 aromatic rings. The van der Waals surface area contributed by atoms with Gasteiger partial charge in [0.25, 0.3) is 0 Å². The van der Waals surface area contributed by atoms with Crippen LogP contribution in [0.1, 0.15) is 26.7 Å². The summed E-state index contributed by atoms with van der Waals surface area (Å²) in [6.45, 7) is 7.89. The molecule has 0 amide bonds. The molecule has 0 aliphatic carbocycles. The fourth-order valence-corrected chi connectivity index (χ4v) is 3.32. The van der Waals surface area contributed by atoms with Gasteiger partial charge in [0.15, 0.2) is 0 Å². The van der Waals surface area contributed by atoms with Crippen LogP contribution >= 0.6 is 15.9 Å². The van der Waals surface area contributed by atoms with Crippen LogP contribution in [0.15, 0.2) is 22.7 Å². The van der Waals surface area contributed by atoms with Crippen molar-refractivity contribution in [3.63, 3.8) is 0 Å². The lowest BCUT2D eigenvalue weighted by Crippen LogP contribution is -2.48. The zero-order valence-electron chi connectivity index (χ0n) is 12.7. The van der Waals surface area contributed by atoms with Crippen LogP contribution in [0, 0.1) is 5.92 Å². The maximum absolute atomic E-state index is 5.36. The van der Waals surface area contributed by atoms with Gasteiger partial charge in [0.1, 0.15) is 5.75 Å². The van der Waals surface area contributed by atoms with Crippen molar-refractivity contribution in [2.75, 3.05) is 31.6 Å². The molecule has 0 aromatic heterocycles. The summed E-state index contributed by atoms with van der Waals surface area (Å²) in [5.74, 6) is 1.58. The molecule has 1 N–H and O–H groups in total. The maximum Gasteiger partial charge on any atom is 0.122 e. The van der Waals surface area contributed by atoms with Crippen molar-refractivity contribution in [1.82, 2.24) is 5.32 Å². The number of halogens is 1. The highest BCUT2D eigenvalue weighted by molar-refractivity contribution is 9.10. The summed E-state index contributed by atoms with van der Waals surface area (Å²) in [6, 6.07) is 6.95. The largest absolute Gasteiger partial charge is 0.497 e. The molecule has 20 heavy (non-hydrogen) atoms. The third-order valence-electron chi connectivity index (χ3n) is 4.02. The number of nitrogens with one attached hydrogen (secondary N) is 1. The number of hydrogen-bond acceptors (Lipinski definition) is 3. The van der Waals surface area contributed by atoms with E-state index in [1.54, 1.807) is 7.11 Å². The quantitative estimate of drug-likeness (QED) is 0.884. The lowest BCUT2D eigenvalue weighted by Gasteiger charge is -2.39. The summed E-state index contributed by atoms with van der Waals surface area (Å²) in [5, 5.41) is 3.67. The summed E-state index contributed by atoms with van der Waals surface area (Å²) in [6.07, 6.45) is 2.41. The SMILES string of the molecule is CCCNC1CCN(c2cc(Br)cc(OC)c2)CC1C. The molecular formula is C16H25BrN2O. The van der Waals surface area contributed by atoms with Gasteiger partial charge in [-0.05, 0) is 37.4 Å². The molecule has 0 saturated carbocycles. The van der Waals surface area contributed by atoms with Crippen LogP contribution in [0.2, 0.25) is 0 Å². The highest BCUT2D eigenvalue weighted by Crippen LogP contribution is 2.30. The third kappa shape index (κ3) is 3.89. The van der Waals surface area contributed by atoms with Crippen molar-refractivity contribution in [3.05, 3.63) is 22.7 Å². The Morgan fingerprint density at radius 1 is 1.40 bits per heavy atom. The first-order chi connectivity index (χ1) is 9.63.